The third-order valence-corrected chi connectivity index (χ3v) is 2.38. The molecule has 0 aliphatic carbocycles. The zero-order valence-corrected chi connectivity index (χ0v) is 9.33. The van der Waals surface area contributed by atoms with Crippen molar-refractivity contribution in [2.75, 3.05) is 0 Å². The lowest BCUT2D eigenvalue weighted by Crippen LogP contribution is -2.11. The standard InChI is InChI=1S/C11H14N4O/c1-3-15-5-4-12-11(15)9(16)10-13-6-8(2)7-14-10/h4-7,9,16H,3H2,1-2H3. The summed E-state index contributed by atoms with van der Waals surface area (Å²) in [4.78, 5) is 12.3. The quantitative estimate of drug-likeness (QED) is 0.837. The largest absolute Gasteiger partial charge is 0.377 e. The highest BCUT2D eigenvalue weighted by Gasteiger charge is 2.17. The van der Waals surface area contributed by atoms with Crippen molar-refractivity contribution in [1.29, 1.82) is 0 Å². The van der Waals surface area contributed by atoms with Gasteiger partial charge in [0.05, 0.1) is 0 Å². The molecule has 5 nitrogen and oxygen atoms in total. The zero-order valence-electron chi connectivity index (χ0n) is 9.33. The van der Waals surface area contributed by atoms with Crippen LogP contribution in [-0.4, -0.2) is 24.6 Å². The molecule has 0 saturated heterocycles. The van der Waals surface area contributed by atoms with E-state index in [1.807, 2.05) is 24.6 Å². The molecule has 0 aromatic carbocycles. The van der Waals surface area contributed by atoms with Crippen LogP contribution < -0.4 is 0 Å². The summed E-state index contributed by atoms with van der Waals surface area (Å²) >= 11 is 0. The van der Waals surface area contributed by atoms with Crippen LogP contribution in [0.2, 0.25) is 0 Å². The number of aliphatic hydroxyl groups is 1. The molecule has 0 spiro atoms. The van der Waals surface area contributed by atoms with Crippen LogP contribution in [0.25, 0.3) is 0 Å². The molecule has 0 fully saturated rings. The predicted octanol–water partition coefficient (Wildman–Crippen LogP) is 1.08. The van der Waals surface area contributed by atoms with E-state index in [1.54, 1.807) is 18.6 Å². The molecule has 2 aromatic rings. The van der Waals surface area contributed by atoms with Crippen molar-refractivity contribution in [2.24, 2.45) is 0 Å². The van der Waals surface area contributed by atoms with Crippen molar-refractivity contribution >= 4 is 0 Å². The van der Waals surface area contributed by atoms with Crippen LogP contribution in [0.5, 0.6) is 0 Å². The Bertz CT molecular complexity index is 463. The SMILES string of the molecule is CCn1ccnc1C(O)c1ncc(C)cn1. The van der Waals surface area contributed by atoms with E-state index in [0.29, 0.717) is 11.6 Å². The Labute approximate surface area is 93.8 Å². The number of rotatable bonds is 3. The minimum absolute atomic E-state index is 0.381. The Morgan fingerprint density at radius 3 is 2.62 bits per heavy atom. The predicted molar refractivity (Wildman–Crippen MR) is 58.7 cm³/mol. The fraction of sp³-hybridized carbons (Fsp3) is 0.364. The van der Waals surface area contributed by atoms with Crippen molar-refractivity contribution in [3.05, 3.63) is 42.0 Å². The van der Waals surface area contributed by atoms with Gasteiger partial charge in [-0.05, 0) is 19.4 Å². The number of nitrogens with zero attached hydrogens (tertiary/aromatic N) is 4. The third kappa shape index (κ3) is 1.94. The van der Waals surface area contributed by atoms with Gasteiger partial charge in [-0.25, -0.2) is 15.0 Å². The van der Waals surface area contributed by atoms with Gasteiger partial charge in [-0.2, -0.15) is 0 Å². The summed E-state index contributed by atoms with van der Waals surface area (Å²) in [5, 5.41) is 10.1. The first kappa shape index (κ1) is 10.8. The maximum absolute atomic E-state index is 10.1. The van der Waals surface area contributed by atoms with Gasteiger partial charge in [0.2, 0.25) is 0 Å². The number of hydrogen-bond donors (Lipinski definition) is 1. The van der Waals surface area contributed by atoms with Crippen LogP contribution in [-0.2, 0) is 6.54 Å². The molecule has 5 heteroatoms. The van der Waals surface area contributed by atoms with E-state index in [2.05, 4.69) is 15.0 Å². The Morgan fingerprint density at radius 1 is 1.31 bits per heavy atom. The third-order valence-electron chi connectivity index (χ3n) is 2.38. The Kier molecular flexibility index (Phi) is 2.96. The smallest absolute Gasteiger partial charge is 0.171 e. The van der Waals surface area contributed by atoms with Gasteiger partial charge in [0.15, 0.2) is 11.9 Å². The van der Waals surface area contributed by atoms with Crippen LogP contribution in [0.15, 0.2) is 24.8 Å². The van der Waals surface area contributed by atoms with Crippen LogP contribution in [0.4, 0.5) is 0 Å². The molecule has 2 rings (SSSR count). The lowest BCUT2D eigenvalue weighted by molar-refractivity contribution is 0.194. The second-order valence-corrected chi connectivity index (χ2v) is 3.59. The molecular formula is C11H14N4O. The van der Waals surface area contributed by atoms with E-state index in [4.69, 9.17) is 0 Å². The molecule has 16 heavy (non-hydrogen) atoms. The molecule has 0 saturated carbocycles. The lowest BCUT2D eigenvalue weighted by Gasteiger charge is -2.10. The fourth-order valence-corrected chi connectivity index (χ4v) is 1.50. The molecule has 2 heterocycles. The summed E-state index contributed by atoms with van der Waals surface area (Å²) in [6, 6.07) is 0. The average Bonchev–Trinajstić information content (AvgIpc) is 2.77. The minimum Gasteiger partial charge on any atom is -0.377 e. The van der Waals surface area contributed by atoms with Gasteiger partial charge in [-0.3, -0.25) is 0 Å². The van der Waals surface area contributed by atoms with Crippen LogP contribution in [0.3, 0.4) is 0 Å². The average molecular weight is 218 g/mol. The molecule has 1 atom stereocenters. The number of aryl methyl sites for hydroxylation is 2. The first-order chi connectivity index (χ1) is 7.72. The first-order valence-electron chi connectivity index (χ1n) is 5.20. The van der Waals surface area contributed by atoms with Crippen molar-refractivity contribution < 1.29 is 5.11 Å². The number of hydrogen-bond acceptors (Lipinski definition) is 4. The summed E-state index contributed by atoms with van der Waals surface area (Å²) in [7, 11) is 0. The molecule has 0 bridgehead atoms. The molecular weight excluding hydrogens is 204 g/mol. The molecule has 1 N–H and O–H groups in total. The van der Waals surface area contributed by atoms with Gasteiger partial charge in [0, 0.05) is 31.3 Å². The van der Waals surface area contributed by atoms with Gasteiger partial charge in [-0.1, -0.05) is 0 Å². The van der Waals surface area contributed by atoms with E-state index in [0.717, 1.165) is 12.1 Å². The second kappa shape index (κ2) is 4.40. The summed E-state index contributed by atoms with van der Waals surface area (Å²) in [6.07, 6.45) is 5.99. The Hall–Kier alpha value is -1.75. The van der Waals surface area contributed by atoms with E-state index in [1.165, 1.54) is 0 Å². The zero-order chi connectivity index (χ0) is 11.5. The minimum atomic E-state index is -0.865. The van der Waals surface area contributed by atoms with Crippen molar-refractivity contribution in [3.63, 3.8) is 0 Å². The first-order valence-corrected chi connectivity index (χ1v) is 5.20. The summed E-state index contributed by atoms with van der Waals surface area (Å²) in [6.45, 7) is 4.66. The molecule has 0 aliphatic heterocycles. The molecule has 0 amide bonds. The van der Waals surface area contributed by atoms with E-state index in [-0.39, 0.29) is 0 Å². The molecule has 0 aliphatic rings. The van der Waals surface area contributed by atoms with E-state index < -0.39 is 6.10 Å². The van der Waals surface area contributed by atoms with Crippen molar-refractivity contribution in [1.82, 2.24) is 19.5 Å². The van der Waals surface area contributed by atoms with E-state index in [9.17, 15) is 5.11 Å². The van der Waals surface area contributed by atoms with Crippen molar-refractivity contribution in [3.8, 4) is 0 Å². The number of aromatic nitrogens is 4. The van der Waals surface area contributed by atoms with Crippen LogP contribution in [0.1, 0.15) is 30.2 Å². The monoisotopic (exact) mass is 218 g/mol. The number of imidazole rings is 1. The highest BCUT2D eigenvalue weighted by molar-refractivity contribution is 5.10. The highest BCUT2D eigenvalue weighted by Crippen LogP contribution is 2.16. The fourth-order valence-electron chi connectivity index (χ4n) is 1.50. The topological polar surface area (TPSA) is 63.8 Å². The van der Waals surface area contributed by atoms with Gasteiger partial charge in [0.1, 0.15) is 5.82 Å². The van der Waals surface area contributed by atoms with Crippen LogP contribution >= 0.6 is 0 Å². The van der Waals surface area contributed by atoms with E-state index >= 15 is 0 Å². The Balaban J connectivity index is 2.31. The number of aliphatic hydroxyl groups excluding tert-OH is 1. The highest BCUT2D eigenvalue weighted by atomic mass is 16.3. The van der Waals surface area contributed by atoms with Crippen molar-refractivity contribution in [2.45, 2.75) is 26.5 Å². The normalized spacial score (nSPS) is 12.7. The summed E-state index contributed by atoms with van der Waals surface area (Å²) in [5.41, 5.74) is 0.967. The lowest BCUT2D eigenvalue weighted by atomic mass is 10.3. The molecule has 0 radical (unpaired) electrons. The van der Waals surface area contributed by atoms with Gasteiger partial charge < -0.3 is 9.67 Å². The van der Waals surface area contributed by atoms with Gasteiger partial charge in [0.25, 0.3) is 0 Å². The molecule has 1 unspecified atom stereocenters. The summed E-state index contributed by atoms with van der Waals surface area (Å²) < 4.78 is 1.87. The molecule has 84 valence electrons. The summed E-state index contributed by atoms with van der Waals surface area (Å²) in [5.74, 6) is 0.956. The maximum Gasteiger partial charge on any atom is 0.171 e. The second-order valence-electron chi connectivity index (χ2n) is 3.59. The molecule has 2 aromatic heterocycles. The van der Waals surface area contributed by atoms with Crippen LogP contribution in [0, 0.1) is 6.92 Å². The van der Waals surface area contributed by atoms with Gasteiger partial charge in [-0.15, -0.1) is 0 Å². The van der Waals surface area contributed by atoms with Gasteiger partial charge >= 0.3 is 0 Å². The Morgan fingerprint density at radius 2 is 2.00 bits per heavy atom. The maximum atomic E-state index is 10.1.